The molecule has 1 aliphatic rings. The number of hydrogen-bond donors (Lipinski definition) is 0. The zero-order valence-electron chi connectivity index (χ0n) is 9.29. The van der Waals surface area contributed by atoms with Gasteiger partial charge in [-0.25, -0.2) is 0 Å². The molecule has 4 heteroatoms. The van der Waals surface area contributed by atoms with Crippen LogP contribution in [0.5, 0.6) is 0 Å². The minimum Gasteiger partial charge on any atom is -0.457 e. The van der Waals surface area contributed by atoms with Crippen molar-refractivity contribution in [3.05, 3.63) is 7.05 Å². The Morgan fingerprint density at radius 2 is 1.08 bits per heavy atom. The Kier molecular flexibility index (Phi) is 7.11. The van der Waals surface area contributed by atoms with Gasteiger partial charge in [0.15, 0.2) is 0 Å². The minimum atomic E-state index is 0. The molecule has 0 N–H and O–H groups in total. The van der Waals surface area contributed by atoms with E-state index in [1.54, 1.807) is 0 Å². The molecule has 0 atom stereocenters. The topological polar surface area (TPSA) is 9.72 Å². The van der Waals surface area contributed by atoms with Crippen LogP contribution in [-0.4, -0.2) is 68.1 Å². The van der Waals surface area contributed by atoms with Gasteiger partial charge in [0.05, 0.1) is 0 Å². The van der Waals surface area contributed by atoms with E-state index in [9.17, 15) is 0 Å². The van der Waals surface area contributed by atoms with E-state index in [0.29, 0.717) is 0 Å². The number of nitrogens with zero attached hydrogens (tertiary/aromatic N) is 3. The van der Waals surface area contributed by atoms with E-state index >= 15 is 0 Å². The van der Waals surface area contributed by atoms with Crippen LogP contribution in [0.4, 0.5) is 0 Å². The molecule has 1 aliphatic heterocycles. The standard InChI is InChI=1S/C9H20N3.Li/c1-10-4-6-11(2)8-9-12(3)7-5-10;/h1,4-9H2,2-3H3;/q-1;+1. The van der Waals surface area contributed by atoms with Crippen LogP contribution in [0.2, 0.25) is 0 Å². The molecule has 0 aromatic carbocycles. The summed E-state index contributed by atoms with van der Waals surface area (Å²) < 4.78 is 0. The second-order valence-corrected chi connectivity index (χ2v) is 3.72. The molecule has 0 aliphatic carbocycles. The zero-order valence-corrected chi connectivity index (χ0v) is 9.29. The second kappa shape index (κ2) is 6.86. The Hall–Kier alpha value is 0.477. The normalized spacial score (nSPS) is 24.2. The van der Waals surface area contributed by atoms with Crippen LogP contribution in [0, 0.1) is 7.05 Å². The van der Waals surface area contributed by atoms with E-state index in [1.807, 2.05) is 0 Å². The Bertz CT molecular complexity index is 96.3. The molecule has 0 amide bonds. The van der Waals surface area contributed by atoms with Gasteiger partial charge in [0.2, 0.25) is 0 Å². The van der Waals surface area contributed by atoms with Crippen LogP contribution in [0.1, 0.15) is 0 Å². The maximum Gasteiger partial charge on any atom is 1.00 e. The quantitative estimate of drug-likeness (QED) is 0.288. The first-order valence-corrected chi connectivity index (χ1v) is 4.61. The second-order valence-electron chi connectivity index (χ2n) is 3.72. The largest absolute Gasteiger partial charge is 1.00 e. The van der Waals surface area contributed by atoms with Crippen LogP contribution in [0.3, 0.4) is 0 Å². The molecule has 1 rings (SSSR count). The molecule has 0 aromatic rings. The summed E-state index contributed by atoms with van der Waals surface area (Å²) in [4.78, 5) is 6.87. The summed E-state index contributed by atoms with van der Waals surface area (Å²) in [5, 5.41) is 0. The monoisotopic (exact) mass is 177 g/mol. The summed E-state index contributed by atoms with van der Waals surface area (Å²) in [6, 6.07) is 0. The summed E-state index contributed by atoms with van der Waals surface area (Å²) in [5.74, 6) is 0. The molecular formula is C9H20LiN3. The van der Waals surface area contributed by atoms with E-state index in [4.69, 9.17) is 0 Å². The van der Waals surface area contributed by atoms with Gasteiger partial charge in [-0.15, -0.1) is 0 Å². The third-order valence-electron chi connectivity index (χ3n) is 2.46. The molecule has 3 nitrogen and oxygen atoms in total. The van der Waals surface area contributed by atoms with Crippen molar-refractivity contribution in [2.24, 2.45) is 0 Å². The first-order chi connectivity index (χ1) is 5.68. The van der Waals surface area contributed by atoms with E-state index in [1.165, 1.54) is 13.1 Å². The van der Waals surface area contributed by atoms with Crippen molar-refractivity contribution < 1.29 is 18.9 Å². The van der Waals surface area contributed by atoms with Crippen LogP contribution in [0.25, 0.3) is 0 Å². The van der Waals surface area contributed by atoms with Crippen molar-refractivity contribution in [1.29, 1.82) is 0 Å². The van der Waals surface area contributed by atoms with Crippen LogP contribution >= 0.6 is 0 Å². The van der Waals surface area contributed by atoms with Gasteiger partial charge in [0.1, 0.15) is 0 Å². The average Bonchev–Trinajstić information content (AvgIpc) is 2.11. The number of hydrogen-bond acceptors (Lipinski definition) is 3. The molecule has 0 unspecified atom stereocenters. The van der Waals surface area contributed by atoms with Gasteiger partial charge in [0.25, 0.3) is 0 Å². The van der Waals surface area contributed by atoms with Crippen molar-refractivity contribution in [2.45, 2.75) is 0 Å². The van der Waals surface area contributed by atoms with Gasteiger partial charge in [-0.05, 0) is 27.2 Å². The molecule has 0 spiro atoms. The SMILES string of the molecule is [CH2-]N1CCN(C)CCN(C)CC1.[Li+]. The van der Waals surface area contributed by atoms with Crippen molar-refractivity contribution >= 4 is 0 Å². The van der Waals surface area contributed by atoms with Crippen molar-refractivity contribution in [3.8, 4) is 0 Å². The molecule has 0 bridgehead atoms. The number of likely N-dealkylation sites (N-methyl/N-ethyl adjacent to an activating group) is 2. The summed E-state index contributed by atoms with van der Waals surface area (Å²) in [6.45, 7) is 6.79. The Morgan fingerprint density at radius 3 is 1.46 bits per heavy atom. The van der Waals surface area contributed by atoms with Gasteiger partial charge in [-0.3, -0.25) is 7.05 Å². The predicted molar refractivity (Wildman–Crippen MR) is 51.9 cm³/mol. The Labute approximate surface area is 94.2 Å². The Balaban J connectivity index is 0.00000144. The fourth-order valence-electron chi connectivity index (χ4n) is 1.30. The summed E-state index contributed by atoms with van der Waals surface area (Å²) >= 11 is 0. The molecular weight excluding hydrogens is 157 g/mol. The van der Waals surface area contributed by atoms with Gasteiger partial charge < -0.3 is 14.7 Å². The molecule has 1 heterocycles. The van der Waals surface area contributed by atoms with E-state index in [0.717, 1.165) is 26.2 Å². The maximum atomic E-state index is 3.99. The molecule has 1 fully saturated rings. The summed E-state index contributed by atoms with van der Waals surface area (Å²) in [6.07, 6.45) is 0. The van der Waals surface area contributed by atoms with Crippen LogP contribution < -0.4 is 18.9 Å². The molecule has 0 aromatic heterocycles. The Morgan fingerprint density at radius 1 is 0.769 bits per heavy atom. The van der Waals surface area contributed by atoms with Gasteiger partial charge >= 0.3 is 18.9 Å². The third-order valence-corrected chi connectivity index (χ3v) is 2.46. The van der Waals surface area contributed by atoms with Crippen LogP contribution in [-0.2, 0) is 0 Å². The molecule has 0 saturated carbocycles. The van der Waals surface area contributed by atoms with Gasteiger partial charge in [-0.1, -0.05) is 0 Å². The maximum absolute atomic E-state index is 3.99. The molecule has 13 heavy (non-hydrogen) atoms. The first-order valence-electron chi connectivity index (χ1n) is 4.61. The molecule has 72 valence electrons. The van der Waals surface area contributed by atoms with Gasteiger partial charge in [0, 0.05) is 26.2 Å². The minimum absolute atomic E-state index is 0. The molecule has 1 saturated heterocycles. The van der Waals surface area contributed by atoms with Crippen molar-refractivity contribution in [1.82, 2.24) is 14.7 Å². The first kappa shape index (κ1) is 13.5. The summed E-state index contributed by atoms with van der Waals surface area (Å²) in [7, 11) is 8.34. The molecule has 0 radical (unpaired) electrons. The number of rotatable bonds is 0. The average molecular weight is 177 g/mol. The zero-order chi connectivity index (χ0) is 8.97. The van der Waals surface area contributed by atoms with Crippen LogP contribution in [0.15, 0.2) is 0 Å². The van der Waals surface area contributed by atoms with E-state index < -0.39 is 0 Å². The van der Waals surface area contributed by atoms with Gasteiger partial charge in [-0.2, -0.15) is 0 Å². The van der Waals surface area contributed by atoms with Crippen molar-refractivity contribution in [3.63, 3.8) is 0 Å². The summed E-state index contributed by atoms with van der Waals surface area (Å²) in [5.41, 5.74) is 0. The third kappa shape index (κ3) is 5.72. The smallest absolute Gasteiger partial charge is 0.457 e. The fourth-order valence-corrected chi connectivity index (χ4v) is 1.30. The van der Waals surface area contributed by atoms with Crippen molar-refractivity contribution in [2.75, 3.05) is 53.4 Å². The van der Waals surface area contributed by atoms with E-state index in [2.05, 4.69) is 35.8 Å². The predicted octanol–water partition coefficient (Wildman–Crippen LogP) is -3.04. The van der Waals surface area contributed by atoms with E-state index in [-0.39, 0.29) is 18.9 Å². The fraction of sp³-hybridized carbons (Fsp3) is 0.889.